The number of thiophene rings is 1. The molecule has 3 aromatic heterocycles. The minimum atomic E-state index is -0.109. The maximum Gasteiger partial charge on any atom is 0.318 e. The number of piperidine rings is 1. The summed E-state index contributed by atoms with van der Waals surface area (Å²) in [7, 11) is 0. The van der Waals surface area contributed by atoms with Gasteiger partial charge in [0.05, 0.1) is 17.5 Å². The molecule has 3 aromatic rings. The molecule has 1 N–H and O–H groups in total. The van der Waals surface area contributed by atoms with Crippen LogP contribution in [0.25, 0.3) is 10.8 Å². The van der Waals surface area contributed by atoms with Crippen molar-refractivity contribution in [2.75, 3.05) is 6.54 Å². The van der Waals surface area contributed by atoms with Gasteiger partial charge in [-0.3, -0.25) is 0 Å². The summed E-state index contributed by atoms with van der Waals surface area (Å²) in [5.74, 6) is 0.956. The van der Waals surface area contributed by atoms with Crippen LogP contribution in [-0.2, 0) is 6.54 Å². The van der Waals surface area contributed by atoms with Crippen molar-refractivity contribution in [3.8, 4) is 10.8 Å². The summed E-state index contributed by atoms with van der Waals surface area (Å²) in [6.07, 6.45) is 4.87. The lowest BCUT2D eigenvalue weighted by Crippen LogP contribution is -2.44. The standard InChI is InChI=1S/C16H17N5O2S2/c22-16(21-7-2-1-4-11(21)15-17-6-9-25-15)18-10-13-19-14(23-20-13)12-5-3-8-24-12/h3,5-6,8-9,11H,1-2,4,7,10H2,(H,18,22)/t11-/m1/s1. The molecule has 0 spiro atoms. The zero-order chi connectivity index (χ0) is 17.1. The molecule has 7 nitrogen and oxygen atoms in total. The molecule has 0 radical (unpaired) electrons. The molecule has 1 aliphatic heterocycles. The highest BCUT2D eigenvalue weighted by molar-refractivity contribution is 7.13. The number of carbonyl (C=O) groups excluding carboxylic acids is 1. The molecule has 1 aliphatic rings. The van der Waals surface area contributed by atoms with E-state index in [-0.39, 0.29) is 18.6 Å². The fraction of sp³-hybridized carbons (Fsp3) is 0.375. The average molecular weight is 375 g/mol. The molecular weight excluding hydrogens is 358 g/mol. The smallest absolute Gasteiger partial charge is 0.318 e. The second-order valence-electron chi connectivity index (χ2n) is 5.73. The summed E-state index contributed by atoms with van der Waals surface area (Å²) in [5.41, 5.74) is 0. The molecule has 0 aromatic carbocycles. The Morgan fingerprint density at radius 3 is 3.12 bits per heavy atom. The molecule has 0 saturated carbocycles. The van der Waals surface area contributed by atoms with Gasteiger partial charge in [0.1, 0.15) is 5.01 Å². The number of likely N-dealkylation sites (tertiary alicyclic amines) is 1. The molecule has 0 bridgehead atoms. The van der Waals surface area contributed by atoms with Crippen molar-refractivity contribution in [1.29, 1.82) is 0 Å². The first-order valence-corrected chi connectivity index (χ1v) is 9.87. The van der Waals surface area contributed by atoms with Gasteiger partial charge in [-0.1, -0.05) is 11.2 Å². The van der Waals surface area contributed by atoms with Crippen molar-refractivity contribution in [2.24, 2.45) is 0 Å². The number of rotatable bonds is 4. The first kappa shape index (κ1) is 16.2. The Balaban J connectivity index is 1.39. The van der Waals surface area contributed by atoms with Gasteiger partial charge in [-0.25, -0.2) is 9.78 Å². The van der Waals surface area contributed by atoms with Gasteiger partial charge in [0, 0.05) is 18.1 Å². The topological polar surface area (TPSA) is 84.2 Å². The Morgan fingerprint density at radius 2 is 2.32 bits per heavy atom. The molecule has 130 valence electrons. The van der Waals surface area contributed by atoms with E-state index in [1.54, 1.807) is 17.5 Å². The molecule has 0 unspecified atom stereocenters. The van der Waals surface area contributed by atoms with Crippen LogP contribution in [-0.4, -0.2) is 32.6 Å². The lowest BCUT2D eigenvalue weighted by molar-refractivity contribution is 0.150. The van der Waals surface area contributed by atoms with E-state index in [1.807, 2.05) is 27.8 Å². The highest BCUT2D eigenvalue weighted by Gasteiger charge is 2.29. The molecular formula is C16H17N5O2S2. The third kappa shape index (κ3) is 3.57. The van der Waals surface area contributed by atoms with Gasteiger partial charge in [0.15, 0.2) is 5.82 Å². The van der Waals surface area contributed by atoms with E-state index < -0.39 is 0 Å². The normalized spacial score (nSPS) is 17.6. The number of amides is 2. The first-order chi connectivity index (χ1) is 12.3. The highest BCUT2D eigenvalue weighted by atomic mass is 32.1. The third-order valence-electron chi connectivity index (χ3n) is 4.10. The zero-order valence-electron chi connectivity index (χ0n) is 13.4. The Hall–Kier alpha value is -2.26. The molecule has 1 saturated heterocycles. The maximum atomic E-state index is 12.6. The van der Waals surface area contributed by atoms with Gasteiger partial charge in [0.2, 0.25) is 0 Å². The number of nitrogens with one attached hydrogen (secondary N) is 1. The van der Waals surface area contributed by atoms with Gasteiger partial charge in [-0.05, 0) is 30.7 Å². The van der Waals surface area contributed by atoms with E-state index in [0.717, 1.165) is 35.7 Å². The van der Waals surface area contributed by atoms with Crippen LogP contribution < -0.4 is 5.32 Å². The van der Waals surface area contributed by atoms with Crippen molar-refractivity contribution in [1.82, 2.24) is 25.3 Å². The molecule has 4 rings (SSSR count). The summed E-state index contributed by atoms with van der Waals surface area (Å²) < 4.78 is 5.24. The number of hydrogen-bond acceptors (Lipinski definition) is 7. The van der Waals surface area contributed by atoms with Crippen LogP contribution in [0.4, 0.5) is 4.79 Å². The molecule has 9 heteroatoms. The second-order valence-corrected chi connectivity index (χ2v) is 7.60. The quantitative estimate of drug-likeness (QED) is 0.752. The summed E-state index contributed by atoms with van der Waals surface area (Å²) >= 11 is 3.13. The van der Waals surface area contributed by atoms with E-state index in [9.17, 15) is 4.79 Å². The van der Waals surface area contributed by atoms with E-state index in [1.165, 1.54) is 11.3 Å². The monoisotopic (exact) mass is 375 g/mol. The number of hydrogen-bond donors (Lipinski definition) is 1. The Labute approximate surface area is 152 Å². The lowest BCUT2D eigenvalue weighted by Gasteiger charge is -2.34. The summed E-state index contributed by atoms with van der Waals surface area (Å²) in [5, 5.41) is 11.7. The van der Waals surface area contributed by atoms with Crippen molar-refractivity contribution < 1.29 is 9.32 Å². The fourth-order valence-electron chi connectivity index (χ4n) is 2.91. The molecule has 25 heavy (non-hydrogen) atoms. The van der Waals surface area contributed by atoms with E-state index in [0.29, 0.717) is 11.7 Å². The van der Waals surface area contributed by atoms with Crippen molar-refractivity contribution in [3.63, 3.8) is 0 Å². The van der Waals surface area contributed by atoms with E-state index >= 15 is 0 Å². The summed E-state index contributed by atoms with van der Waals surface area (Å²) in [4.78, 5) is 24.1. The van der Waals surface area contributed by atoms with Gasteiger partial charge >= 0.3 is 6.03 Å². The van der Waals surface area contributed by atoms with E-state index in [4.69, 9.17) is 4.52 Å². The lowest BCUT2D eigenvalue weighted by atomic mass is 10.0. The number of aromatic nitrogens is 3. The molecule has 1 atom stereocenters. The van der Waals surface area contributed by atoms with Gasteiger partial charge < -0.3 is 14.7 Å². The van der Waals surface area contributed by atoms with Crippen LogP contribution in [0.1, 0.15) is 36.1 Å². The number of nitrogens with zero attached hydrogens (tertiary/aromatic N) is 4. The van der Waals surface area contributed by atoms with Crippen molar-refractivity contribution >= 4 is 28.7 Å². The molecule has 0 aliphatic carbocycles. The number of carbonyl (C=O) groups is 1. The van der Waals surface area contributed by atoms with Crippen LogP contribution in [0.2, 0.25) is 0 Å². The highest BCUT2D eigenvalue weighted by Crippen LogP contribution is 2.32. The molecule has 2 amide bonds. The van der Waals surface area contributed by atoms with Gasteiger partial charge in [-0.15, -0.1) is 22.7 Å². The van der Waals surface area contributed by atoms with Gasteiger partial charge in [0.25, 0.3) is 5.89 Å². The third-order valence-corrected chi connectivity index (χ3v) is 5.83. The predicted octanol–water partition coefficient (Wildman–Crippen LogP) is 3.69. The minimum Gasteiger partial charge on any atom is -0.333 e. The van der Waals surface area contributed by atoms with Crippen LogP contribution >= 0.6 is 22.7 Å². The Kier molecular flexibility index (Phi) is 4.75. The number of urea groups is 1. The second kappa shape index (κ2) is 7.32. The van der Waals surface area contributed by atoms with E-state index in [2.05, 4.69) is 20.4 Å². The zero-order valence-corrected chi connectivity index (χ0v) is 15.1. The Morgan fingerprint density at radius 1 is 1.36 bits per heavy atom. The van der Waals surface area contributed by atoms with Crippen LogP contribution in [0.3, 0.4) is 0 Å². The summed E-state index contributed by atoms with van der Waals surface area (Å²) in [6, 6.07) is 3.80. The summed E-state index contributed by atoms with van der Waals surface area (Å²) in [6.45, 7) is 0.984. The number of thiazole rings is 1. The van der Waals surface area contributed by atoms with Crippen molar-refractivity contribution in [2.45, 2.75) is 31.8 Å². The van der Waals surface area contributed by atoms with Gasteiger partial charge in [-0.2, -0.15) is 4.98 Å². The van der Waals surface area contributed by atoms with Crippen LogP contribution in [0.15, 0.2) is 33.6 Å². The maximum absolute atomic E-state index is 12.6. The molecule has 1 fully saturated rings. The largest absolute Gasteiger partial charge is 0.333 e. The molecule has 4 heterocycles. The first-order valence-electron chi connectivity index (χ1n) is 8.11. The fourth-order valence-corrected chi connectivity index (χ4v) is 4.34. The van der Waals surface area contributed by atoms with Crippen LogP contribution in [0, 0.1) is 0 Å². The van der Waals surface area contributed by atoms with Crippen LogP contribution in [0.5, 0.6) is 0 Å². The Bertz CT molecular complexity index is 816. The minimum absolute atomic E-state index is 0.0562. The SMILES string of the molecule is O=C(NCc1noc(-c2cccs2)n1)N1CCCC[C@@H]1c1nccs1. The predicted molar refractivity (Wildman–Crippen MR) is 95.3 cm³/mol. The average Bonchev–Trinajstić information content (AvgIpc) is 3.41. The van der Waals surface area contributed by atoms with Crippen molar-refractivity contribution in [3.05, 3.63) is 39.9 Å².